The van der Waals surface area contributed by atoms with Gasteiger partial charge < -0.3 is 0 Å². The third kappa shape index (κ3) is 3.22. The number of hydrogen-bond donors (Lipinski definition) is 1. The number of carbonyl (C=O) groups is 1. The van der Waals surface area contributed by atoms with Gasteiger partial charge in [-0.3, -0.25) is 9.48 Å². The maximum Gasteiger partial charge on any atom is 0.436 e. The van der Waals surface area contributed by atoms with Crippen LogP contribution in [-0.2, 0) is 28.0 Å². The van der Waals surface area contributed by atoms with Gasteiger partial charge in [-0.15, -0.1) is 0 Å². The van der Waals surface area contributed by atoms with Crippen LogP contribution < -0.4 is 4.72 Å². The number of nitrogens with zero attached hydrogens (tertiary/aromatic N) is 2. The molecule has 2 fully saturated rings. The first-order valence-electron chi connectivity index (χ1n) is 7.24. The van der Waals surface area contributed by atoms with Crippen molar-refractivity contribution >= 4 is 15.9 Å². The lowest BCUT2D eigenvalue weighted by Crippen LogP contribution is -2.33. The number of halogens is 3. The first-order valence-corrected chi connectivity index (χ1v) is 8.72. The van der Waals surface area contributed by atoms with Gasteiger partial charge in [0.15, 0.2) is 5.69 Å². The van der Waals surface area contributed by atoms with Crippen molar-refractivity contribution in [3.05, 3.63) is 11.9 Å². The van der Waals surface area contributed by atoms with Gasteiger partial charge in [-0.2, -0.15) is 18.3 Å². The van der Waals surface area contributed by atoms with Crippen LogP contribution in [-0.4, -0.2) is 24.1 Å². The van der Waals surface area contributed by atoms with E-state index in [1.165, 1.54) is 7.05 Å². The van der Waals surface area contributed by atoms with Gasteiger partial charge in [0.2, 0.25) is 5.91 Å². The molecule has 6 nitrogen and oxygen atoms in total. The second-order valence-corrected chi connectivity index (χ2v) is 7.89. The fraction of sp³-hybridized carbons (Fsp3) is 0.692. The molecule has 0 saturated heterocycles. The highest BCUT2D eigenvalue weighted by molar-refractivity contribution is 7.90. The lowest BCUT2D eigenvalue weighted by molar-refractivity contribution is -0.143. The van der Waals surface area contributed by atoms with Crippen LogP contribution in [0.2, 0.25) is 0 Å². The molecule has 1 aromatic rings. The minimum atomic E-state index is -4.92. The van der Waals surface area contributed by atoms with E-state index in [1.54, 1.807) is 4.72 Å². The molecule has 1 amide bonds. The molecule has 0 bridgehead atoms. The number of aromatic nitrogens is 2. The molecular weight excluding hydrogens is 335 g/mol. The lowest BCUT2D eigenvalue weighted by atomic mass is 9.99. The molecular formula is C13H16F3N3O3S. The molecule has 0 aliphatic heterocycles. The Morgan fingerprint density at radius 2 is 2.13 bits per heavy atom. The van der Waals surface area contributed by atoms with Crippen LogP contribution in [0.5, 0.6) is 0 Å². The average Bonchev–Trinajstić information content (AvgIpc) is 2.89. The Labute approximate surface area is 131 Å². The summed E-state index contributed by atoms with van der Waals surface area (Å²) in [4.78, 5) is 10.9. The molecule has 3 rings (SSSR count). The highest BCUT2D eigenvalue weighted by atomic mass is 32.2. The fourth-order valence-electron chi connectivity index (χ4n) is 3.42. The number of nitrogens with one attached hydrogen (secondary N) is 1. The summed E-state index contributed by atoms with van der Waals surface area (Å²) in [6.45, 7) is 0. The summed E-state index contributed by atoms with van der Waals surface area (Å²) in [5.41, 5.74) is -1.52. The summed E-state index contributed by atoms with van der Waals surface area (Å²) in [7, 11) is -3.42. The number of rotatable bonds is 4. The molecule has 1 aromatic heterocycles. The maximum absolute atomic E-state index is 12.9. The van der Waals surface area contributed by atoms with Gasteiger partial charge >= 0.3 is 6.18 Å². The van der Waals surface area contributed by atoms with E-state index < -0.39 is 32.7 Å². The molecule has 0 spiro atoms. The fourth-order valence-corrected chi connectivity index (χ4v) is 4.62. The minimum Gasteiger partial charge on any atom is -0.274 e. The van der Waals surface area contributed by atoms with Crippen molar-refractivity contribution in [1.29, 1.82) is 0 Å². The molecule has 10 heteroatoms. The molecule has 0 radical (unpaired) electrons. The second-order valence-electron chi connectivity index (χ2n) is 6.24. The highest BCUT2D eigenvalue weighted by Crippen LogP contribution is 2.56. The molecule has 3 unspecified atom stereocenters. The Kier molecular flexibility index (Phi) is 3.69. The number of sulfonamides is 1. The Bertz CT molecular complexity index is 741. The zero-order chi connectivity index (χ0) is 17.0. The summed E-state index contributed by atoms with van der Waals surface area (Å²) < 4.78 is 65.3. The second kappa shape index (κ2) is 5.22. The van der Waals surface area contributed by atoms with Crippen molar-refractivity contribution in [2.75, 3.05) is 0 Å². The van der Waals surface area contributed by atoms with E-state index in [-0.39, 0.29) is 12.3 Å². The number of alkyl halides is 3. The minimum absolute atomic E-state index is 0.0298. The lowest BCUT2D eigenvalue weighted by Gasteiger charge is -2.12. The van der Waals surface area contributed by atoms with Crippen LogP contribution in [0.15, 0.2) is 11.1 Å². The van der Waals surface area contributed by atoms with Crippen molar-refractivity contribution in [1.82, 2.24) is 14.5 Å². The summed E-state index contributed by atoms with van der Waals surface area (Å²) in [5, 5.41) is 3.14. The van der Waals surface area contributed by atoms with Crippen molar-refractivity contribution < 1.29 is 26.4 Å². The number of amides is 1. The quantitative estimate of drug-likeness (QED) is 0.895. The van der Waals surface area contributed by atoms with E-state index in [2.05, 4.69) is 5.10 Å². The molecule has 1 N–H and O–H groups in total. The van der Waals surface area contributed by atoms with Gasteiger partial charge in [-0.25, -0.2) is 13.1 Å². The van der Waals surface area contributed by atoms with E-state index in [1.807, 2.05) is 0 Å². The van der Waals surface area contributed by atoms with Crippen LogP contribution in [0.25, 0.3) is 0 Å². The molecule has 0 aromatic carbocycles. The predicted octanol–water partition coefficient (Wildman–Crippen LogP) is 1.68. The maximum atomic E-state index is 12.9. The zero-order valence-electron chi connectivity index (χ0n) is 12.3. The average molecular weight is 351 g/mol. The number of fused-ring (bicyclic) bond motifs is 1. The van der Waals surface area contributed by atoms with Gasteiger partial charge in [-0.05, 0) is 37.0 Å². The van der Waals surface area contributed by atoms with Crippen molar-refractivity contribution in [2.24, 2.45) is 24.8 Å². The molecule has 128 valence electrons. The van der Waals surface area contributed by atoms with Crippen molar-refractivity contribution in [3.63, 3.8) is 0 Å². The zero-order valence-corrected chi connectivity index (χ0v) is 13.1. The topological polar surface area (TPSA) is 81.1 Å². The van der Waals surface area contributed by atoms with Crippen LogP contribution in [0.3, 0.4) is 0 Å². The molecule has 2 aliphatic carbocycles. The number of carbonyl (C=O) groups excluding carboxylic acids is 1. The van der Waals surface area contributed by atoms with Gasteiger partial charge in [0.05, 0.1) is 0 Å². The van der Waals surface area contributed by atoms with Crippen molar-refractivity contribution in [3.8, 4) is 0 Å². The Balaban J connectivity index is 1.75. The summed E-state index contributed by atoms with van der Waals surface area (Å²) in [5.74, 6) is 0.470. The molecule has 2 aliphatic rings. The first-order chi connectivity index (χ1) is 10.6. The van der Waals surface area contributed by atoms with E-state index in [4.69, 9.17) is 0 Å². The van der Waals surface area contributed by atoms with Crippen LogP contribution in [0, 0.1) is 17.8 Å². The Morgan fingerprint density at radius 3 is 2.65 bits per heavy atom. The van der Waals surface area contributed by atoms with Crippen LogP contribution in [0.4, 0.5) is 13.2 Å². The van der Waals surface area contributed by atoms with E-state index in [0.29, 0.717) is 11.8 Å². The van der Waals surface area contributed by atoms with Gasteiger partial charge in [0.1, 0.15) is 4.90 Å². The SMILES string of the molecule is Cn1cc(S(=O)(=O)NC(=O)CC2CCC3CC23)c(C(F)(F)F)n1. The van der Waals surface area contributed by atoms with E-state index in [0.717, 1.165) is 30.1 Å². The van der Waals surface area contributed by atoms with Crippen molar-refractivity contribution in [2.45, 2.75) is 36.8 Å². The molecule has 3 atom stereocenters. The molecule has 1 heterocycles. The van der Waals surface area contributed by atoms with E-state index in [9.17, 15) is 26.4 Å². The van der Waals surface area contributed by atoms with Gasteiger partial charge in [0, 0.05) is 19.7 Å². The Hall–Kier alpha value is -1.58. The Morgan fingerprint density at radius 1 is 1.43 bits per heavy atom. The number of hydrogen-bond acceptors (Lipinski definition) is 4. The monoisotopic (exact) mass is 351 g/mol. The van der Waals surface area contributed by atoms with E-state index >= 15 is 0 Å². The summed E-state index contributed by atoms with van der Waals surface area (Å²) >= 11 is 0. The van der Waals surface area contributed by atoms with Gasteiger partial charge in [0.25, 0.3) is 10.0 Å². The predicted molar refractivity (Wildman–Crippen MR) is 72.5 cm³/mol. The standard InChI is InChI=1S/C13H16F3N3O3S/c1-19-6-10(12(17-19)13(14,15)16)23(21,22)18-11(20)5-8-3-2-7-4-9(7)8/h6-9H,2-5H2,1H3,(H,18,20). The summed E-state index contributed by atoms with van der Waals surface area (Å²) in [6, 6.07) is 0. The van der Waals surface area contributed by atoms with Crippen LogP contribution >= 0.6 is 0 Å². The third-order valence-electron chi connectivity index (χ3n) is 4.54. The normalized spacial score (nSPS) is 26.9. The molecule has 23 heavy (non-hydrogen) atoms. The molecule has 2 saturated carbocycles. The smallest absolute Gasteiger partial charge is 0.274 e. The summed E-state index contributed by atoms with van der Waals surface area (Å²) in [6.07, 6.45) is -1.18. The largest absolute Gasteiger partial charge is 0.436 e. The van der Waals surface area contributed by atoms with Crippen LogP contribution in [0.1, 0.15) is 31.4 Å². The highest BCUT2D eigenvalue weighted by Gasteiger charge is 2.48. The first kappa shape index (κ1) is 16.3. The number of aryl methyl sites for hydroxylation is 1. The van der Waals surface area contributed by atoms with Gasteiger partial charge in [-0.1, -0.05) is 0 Å². The third-order valence-corrected chi connectivity index (χ3v) is 5.91.